The molecule has 0 bridgehead atoms. The van der Waals surface area contributed by atoms with Crippen LogP contribution in [-0.2, 0) is 13.0 Å². The number of methoxy groups -OCH3 is 1. The van der Waals surface area contributed by atoms with Crippen molar-refractivity contribution >= 4 is 0 Å². The summed E-state index contributed by atoms with van der Waals surface area (Å²) in [6.07, 6.45) is 0.691. The van der Waals surface area contributed by atoms with E-state index in [2.05, 4.69) is 13.8 Å². The van der Waals surface area contributed by atoms with Crippen LogP contribution >= 0.6 is 0 Å². The van der Waals surface area contributed by atoms with Crippen LogP contribution < -0.4 is 9.47 Å². The van der Waals surface area contributed by atoms with Gasteiger partial charge in [-0.2, -0.15) is 0 Å². The normalized spacial score (nSPS) is 10.5. The van der Waals surface area contributed by atoms with Crippen molar-refractivity contribution in [2.75, 3.05) is 13.7 Å². The van der Waals surface area contributed by atoms with Crippen LogP contribution in [0.25, 0.3) is 0 Å². The van der Waals surface area contributed by atoms with Gasteiger partial charge in [-0.25, -0.2) is 0 Å². The molecule has 0 saturated carbocycles. The zero-order valence-corrected chi connectivity index (χ0v) is 12.8. The first kappa shape index (κ1) is 15.4. The summed E-state index contributed by atoms with van der Waals surface area (Å²) >= 11 is 0. The molecule has 3 nitrogen and oxygen atoms in total. The van der Waals surface area contributed by atoms with Crippen molar-refractivity contribution < 1.29 is 14.6 Å². The van der Waals surface area contributed by atoms with Crippen LogP contribution in [0.5, 0.6) is 11.5 Å². The van der Waals surface area contributed by atoms with Crippen LogP contribution in [-0.4, -0.2) is 18.8 Å². The Bertz CT molecular complexity index is 565. The third-order valence-electron chi connectivity index (χ3n) is 3.60. The van der Waals surface area contributed by atoms with Crippen molar-refractivity contribution in [2.24, 2.45) is 0 Å². The average molecular weight is 286 g/mol. The van der Waals surface area contributed by atoms with E-state index in [1.807, 2.05) is 36.4 Å². The predicted octanol–water partition coefficient (Wildman–Crippen LogP) is 3.43. The molecule has 0 heterocycles. The molecule has 2 aromatic carbocycles. The maximum Gasteiger partial charge on any atom is 0.120 e. The van der Waals surface area contributed by atoms with E-state index < -0.39 is 0 Å². The minimum absolute atomic E-state index is 0.174. The maximum absolute atomic E-state index is 9.09. The van der Waals surface area contributed by atoms with Gasteiger partial charge in [-0.3, -0.25) is 0 Å². The SMILES string of the molecule is COc1ccc(COc2cc(C)c(CCO)c(C)c2)cc1. The fourth-order valence-corrected chi connectivity index (χ4v) is 2.43. The van der Waals surface area contributed by atoms with Crippen LogP contribution in [0, 0.1) is 13.8 Å². The average Bonchev–Trinajstić information content (AvgIpc) is 2.49. The van der Waals surface area contributed by atoms with Crippen LogP contribution in [0.15, 0.2) is 36.4 Å². The lowest BCUT2D eigenvalue weighted by molar-refractivity contribution is 0.297. The molecule has 0 spiro atoms. The number of rotatable bonds is 6. The van der Waals surface area contributed by atoms with Gasteiger partial charge in [0.2, 0.25) is 0 Å². The third kappa shape index (κ3) is 3.99. The molecule has 0 aliphatic heterocycles. The first-order chi connectivity index (χ1) is 10.1. The summed E-state index contributed by atoms with van der Waals surface area (Å²) in [4.78, 5) is 0. The molecule has 112 valence electrons. The van der Waals surface area contributed by atoms with Gasteiger partial charge < -0.3 is 14.6 Å². The molecule has 1 N–H and O–H groups in total. The zero-order valence-electron chi connectivity index (χ0n) is 12.8. The second-order valence-electron chi connectivity index (χ2n) is 5.15. The van der Waals surface area contributed by atoms with Gasteiger partial charge in [-0.15, -0.1) is 0 Å². The molecule has 0 radical (unpaired) electrons. The Morgan fingerprint density at radius 2 is 1.57 bits per heavy atom. The lowest BCUT2D eigenvalue weighted by Gasteiger charge is -2.13. The van der Waals surface area contributed by atoms with Crippen LogP contribution in [0.3, 0.4) is 0 Å². The van der Waals surface area contributed by atoms with Crippen molar-refractivity contribution in [3.63, 3.8) is 0 Å². The first-order valence-corrected chi connectivity index (χ1v) is 7.10. The highest BCUT2D eigenvalue weighted by atomic mass is 16.5. The van der Waals surface area contributed by atoms with Crippen molar-refractivity contribution in [3.05, 3.63) is 58.7 Å². The van der Waals surface area contributed by atoms with Gasteiger partial charge in [0.1, 0.15) is 18.1 Å². The molecule has 0 saturated heterocycles. The van der Waals surface area contributed by atoms with E-state index in [1.54, 1.807) is 7.11 Å². The van der Waals surface area contributed by atoms with E-state index in [0.717, 1.165) is 28.2 Å². The van der Waals surface area contributed by atoms with Gasteiger partial charge in [-0.05, 0) is 66.8 Å². The molecule has 0 unspecified atom stereocenters. The van der Waals surface area contributed by atoms with Crippen molar-refractivity contribution in [1.29, 1.82) is 0 Å². The highest BCUT2D eigenvalue weighted by molar-refractivity contribution is 5.41. The van der Waals surface area contributed by atoms with E-state index in [0.29, 0.717) is 13.0 Å². The lowest BCUT2D eigenvalue weighted by Crippen LogP contribution is -2.01. The van der Waals surface area contributed by atoms with E-state index in [9.17, 15) is 0 Å². The fourth-order valence-electron chi connectivity index (χ4n) is 2.43. The van der Waals surface area contributed by atoms with E-state index in [1.165, 1.54) is 5.56 Å². The smallest absolute Gasteiger partial charge is 0.120 e. The Kier molecular flexibility index (Phi) is 5.23. The number of ether oxygens (including phenoxy) is 2. The molecule has 21 heavy (non-hydrogen) atoms. The summed E-state index contributed by atoms with van der Waals surface area (Å²) in [6.45, 7) is 4.81. The van der Waals surface area contributed by atoms with E-state index in [-0.39, 0.29) is 6.61 Å². The highest BCUT2D eigenvalue weighted by Crippen LogP contribution is 2.23. The summed E-state index contributed by atoms with van der Waals surface area (Å²) < 4.78 is 11.0. The molecule has 0 aliphatic rings. The Hall–Kier alpha value is -2.00. The number of aryl methyl sites for hydroxylation is 2. The maximum atomic E-state index is 9.09. The van der Waals surface area contributed by atoms with E-state index in [4.69, 9.17) is 14.6 Å². The summed E-state index contributed by atoms with van der Waals surface area (Å²) in [6, 6.07) is 11.9. The molecule has 0 fully saturated rings. The molecule has 0 atom stereocenters. The van der Waals surface area contributed by atoms with Crippen LogP contribution in [0.2, 0.25) is 0 Å². The van der Waals surface area contributed by atoms with Gasteiger partial charge in [0.05, 0.1) is 7.11 Å². The monoisotopic (exact) mass is 286 g/mol. The molecule has 0 aliphatic carbocycles. The van der Waals surface area contributed by atoms with E-state index >= 15 is 0 Å². The topological polar surface area (TPSA) is 38.7 Å². The quantitative estimate of drug-likeness (QED) is 0.884. The Balaban J connectivity index is 2.05. The molecule has 3 heteroatoms. The summed E-state index contributed by atoms with van der Waals surface area (Å²) in [7, 11) is 1.66. The van der Waals surface area contributed by atoms with Gasteiger partial charge >= 0.3 is 0 Å². The third-order valence-corrected chi connectivity index (χ3v) is 3.60. The lowest BCUT2D eigenvalue weighted by atomic mass is 10.00. The fraction of sp³-hybridized carbons (Fsp3) is 0.333. The minimum Gasteiger partial charge on any atom is -0.497 e. The van der Waals surface area contributed by atoms with Gasteiger partial charge in [0.25, 0.3) is 0 Å². The van der Waals surface area contributed by atoms with Crippen LogP contribution in [0.1, 0.15) is 22.3 Å². The van der Waals surface area contributed by atoms with Crippen LogP contribution in [0.4, 0.5) is 0 Å². The van der Waals surface area contributed by atoms with Gasteiger partial charge in [0, 0.05) is 6.61 Å². The van der Waals surface area contributed by atoms with Crippen molar-refractivity contribution in [2.45, 2.75) is 26.9 Å². The van der Waals surface area contributed by atoms with Crippen molar-refractivity contribution in [1.82, 2.24) is 0 Å². The first-order valence-electron chi connectivity index (χ1n) is 7.10. The summed E-state index contributed by atoms with van der Waals surface area (Å²) in [5.74, 6) is 1.71. The molecule has 0 aromatic heterocycles. The van der Waals surface area contributed by atoms with Gasteiger partial charge in [-0.1, -0.05) is 12.1 Å². The second kappa shape index (κ2) is 7.14. The second-order valence-corrected chi connectivity index (χ2v) is 5.15. The number of aliphatic hydroxyl groups is 1. The Labute approximate surface area is 126 Å². The molecular formula is C18H22O3. The molecule has 2 rings (SSSR count). The minimum atomic E-state index is 0.174. The standard InChI is InChI=1S/C18H22O3/c1-13-10-17(11-14(2)18(13)8-9-19)21-12-15-4-6-16(20-3)7-5-15/h4-7,10-11,19H,8-9,12H2,1-3H3. The highest BCUT2D eigenvalue weighted by Gasteiger charge is 2.06. The number of hydrogen-bond donors (Lipinski definition) is 1. The number of aliphatic hydroxyl groups excluding tert-OH is 1. The Morgan fingerprint density at radius 1 is 0.952 bits per heavy atom. The number of benzene rings is 2. The summed E-state index contributed by atoms with van der Waals surface area (Å²) in [5, 5.41) is 9.09. The molecular weight excluding hydrogens is 264 g/mol. The summed E-state index contributed by atoms with van der Waals surface area (Å²) in [5.41, 5.74) is 4.63. The predicted molar refractivity (Wildman–Crippen MR) is 84.0 cm³/mol. The largest absolute Gasteiger partial charge is 0.497 e. The molecule has 0 amide bonds. The number of hydrogen-bond acceptors (Lipinski definition) is 3. The Morgan fingerprint density at radius 3 is 2.10 bits per heavy atom. The van der Waals surface area contributed by atoms with Crippen molar-refractivity contribution in [3.8, 4) is 11.5 Å². The molecule has 2 aromatic rings. The van der Waals surface area contributed by atoms with Gasteiger partial charge in [0.15, 0.2) is 0 Å². The zero-order chi connectivity index (χ0) is 15.2.